The van der Waals surface area contributed by atoms with E-state index in [1.807, 2.05) is 13.0 Å². The highest BCUT2D eigenvalue weighted by atomic mass is 35.5. The second-order valence-electron chi connectivity index (χ2n) is 3.95. The van der Waals surface area contributed by atoms with E-state index < -0.39 is 5.82 Å². The third kappa shape index (κ3) is 2.87. The van der Waals surface area contributed by atoms with Crippen LogP contribution in [0.15, 0.2) is 42.5 Å². The lowest BCUT2D eigenvalue weighted by atomic mass is 10.1. The fraction of sp³-hybridized carbons (Fsp3) is 0.0714. The molecule has 0 aliphatic rings. The minimum Gasteiger partial charge on any atom is -0.322 e. The van der Waals surface area contributed by atoms with Crippen LogP contribution in [-0.2, 0) is 0 Å². The zero-order valence-electron chi connectivity index (χ0n) is 9.71. The quantitative estimate of drug-likeness (QED) is 0.870. The number of nitrogens with one attached hydrogen (secondary N) is 1. The number of halogens is 2. The molecule has 0 fully saturated rings. The summed E-state index contributed by atoms with van der Waals surface area (Å²) in [6.07, 6.45) is 0. The largest absolute Gasteiger partial charge is 0.322 e. The van der Waals surface area contributed by atoms with Crippen molar-refractivity contribution in [3.8, 4) is 0 Å². The van der Waals surface area contributed by atoms with Crippen LogP contribution in [0.2, 0.25) is 5.02 Å². The molecular weight excluding hydrogens is 253 g/mol. The van der Waals surface area contributed by atoms with E-state index in [9.17, 15) is 9.18 Å². The van der Waals surface area contributed by atoms with Gasteiger partial charge in [0.25, 0.3) is 5.91 Å². The molecule has 2 aromatic carbocycles. The molecule has 0 aliphatic heterocycles. The number of carbonyl (C=O) groups is 1. The first-order valence-corrected chi connectivity index (χ1v) is 5.77. The Hall–Kier alpha value is -1.87. The molecule has 0 aliphatic carbocycles. The van der Waals surface area contributed by atoms with Crippen molar-refractivity contribution in [3.05, 3.63) is 64.4 Å². The van der Waals surface area contributed by atoms with E-state index in [1.54, 1.807) is 18.2 Å². The van der Waals surface area contributed by atoms with Gasteiger partial charge in [-0.15, -0.1) is 0 Å². The smallest absolute Gasteiger partial charge is 0.257 e. The summed E-state index contributed by atoms with van der Waals surface area (Å²) in [5.41, 5.74) is 1.71. The van der Waals surface area contributed by atoms with Gasteiger partial charge in [0, 0.05) is 5.69 Å². The predicted molar refractivity (Wildman–Crippen MR) is 70.5 cm³/mol. The summed E-state index contributed by atoms with van der Waals surface area (Å²) >= 11 is 5.95. The fourth-order valence-corrected chi connectivity index (χ4v) is 1.78. The van der Waals surface area contributed by atoms with Crippen molar-refractivity contribution in [1.82, 2.24) is 0 Å². The van der Waals surface area contributed by atoms with Crippen molar-refractivity contribution < 1.29 is 9.18 Å². The molecule has 1 amide bonds. The van der Waals surface area contributed by atoms with Crippen molar-refractivity contribution in [1.29, 1.82) is 0 Å². The van der Waals surface area contributed by atoms with Gasteiger partial charge in [-0.1, -0.05) is 29.3 Å². The number of hydrogen-bond acceptors (Lipinski definition) is 1. The fourth-order valence-electron chi connectivity index (χ4n) is 1.58. The van der Waals surface area contributed by atoms with Crippen molar-refractivity contribution in [2.75, 3.05) is 5.32 Å². The number of benzene rings is 2. The first-order valence-electron chi connectivity index (χ1n) is 5.39. The van der Waals surface area contributed by atoms with E-state index in [0.717, 1.165) is 5.56 Å². The number of carbonyl (C=O) groups excluding carboxylic acids is 1. The minimum atomic E-state index is -0.400. The molecular formula is C14H11ClFNO. The van der Waals surface area contributed by atoms with Gasteiger partial charge in [0.15, 0.2) is 0 Å². The normalized spacial score (nSPS) is 10.2. The molecule has 4 heteroatoms. The Morgan fingerprint density at radius 2 is 2.00 bits per heavy atom. The van der Waals surface area contributed by atoms with Gasteiger partial charge in [0.05, 0.1) is 10.6 Å². The molecule has 92 valence electrons. The summed E-state index contributed by atoms with van der Waals surface area (Å²) in [5, 5.41) is 2.97. The molecule has 2 nitrogen and oxygen atoms in total. The molecule has 0 radical (unpaired) electrons. The maximum atomic E-state index is 13.0. The van der Waals surface area contributed by atoms with Crippen LogP contribution < -0.4 is 5.32 Å². The van der Waals surface area contributed by atoms with Gasteiger partial charge in [-0.2, -0.15) is 0 Å². The first kappa shape index (κ1) is 12.6. The number of aryl methyl sites for hydroxylation is 1. The van der Waals surface area contributed by atoms with Gasteiger partial charge >= 0.3 is 0 Å². The molecule has 2 rings (SSSR count). The van der Waals surface area contributed by atoms with Gasteiger partial charge < -0.3 is 5.32 Å². The number of rotatable bonds is 2. The molecule has 0 aromatic heterocycles. The van der Waals surface area contributed by atoms with Crippen molar-refractivity contribution in [2.45, 2.75) is 6.92 Å². The van der Waals surface area contributed by atoms with E-state index in [1.165, 1.54) is 18.2 Å². The van der Waals surface area contributed by atoms with Crippen molar-refractivity contribution in [2.24, 2.45) is 0 Å². The Balaban J connectivity index is 2.24. The van der Waals surface area contributed by atoms with Crippen LogP contribution in [0, 0.1) is 12.7 Å². The molecule has 0 heterocycles. The van der Waals surface area contributed by atoms with Gasteiger partial charge in [0.2, 0.25) is 0 Å². The third-order valence-electron chi connectivity index (χ3n) is 2.45. The average molecular weight is 264 g/mol. The Kier molecular flexibility index (Phi) is 3.63. The molecule has 0 unspecified atom stereocenters. The van der Waals surface area contributed by atoms with Gasteiger partial charge in [-0.3, -0.25) is 4.79 Å². The molecule has 2 aromatic rings. The molecule has 18 heavy (non-hydrogen) atoms. The number of anilines is 1. The monoisotopic (exact) mass is 263 g/mol. The van der Waals surface area contributed by atoms with Crippen LogP contribution in [0.3, 0.4) is 0 Å². The second-order valence-corrected chi connectivity index (χ2v) is 4.35. The van der Waals surface area contributed by atoms with Gasteiger partial charge in [-0.05, 0) is 37.3 Å². The summed E-state index contributed by atoms with van der Waals surface area (Å²) in [6.45, 7) is 1.87. The summed E-state index contributed by atoms with van der Waals surface area (Å²) in [5.74, 6) is -0.752. The Morgan fingerprint density at radius 3 is 2.72 bits per heavy atom. The van der Waals surface area contributed by atoms with Crippen LogP contribution in [0.4, 0.5) is 10.1 Å². The Bertz CT molecular complexity index is 598. The standard InChI is InChI=1S/C14H11ClFNO/c1-9-5-6-13(15)12(7-9)14(18)17-11-4-2-3-10(16)8-11/h2-8H,1H3,(H,17,18). The van der Waals surface area contributed by atoms with E-state index in [2.05, 4.69) is 5.32 Å². The van der Waals surface area contributed by atoms with Crippen LogP contribution in [0.5, 0.6) is 0 Å². The lowest BCUT2D eigenvalue weighted by molar-refractivity contribution is 0.102. The van der Waals surface area contributed by atoms with E-state index in [4.69, 9.17) is 11.6 Å². The number of amides is 1. The van der Waals surface area contributed by atoms with E-state index in [-0.39, 0.29) is 5.91 Å². The summed E-state index contributed by atoms with van der Waals surface area (Å²) < 4.78 is 13.0. The molecule has 1 N–H and O–H groups in total. The lowest BCUT2D eigenvalue weighted by Crippen LogP contribution is -2.12. The summed E-state index contributed by atoms with van der Waals surface area (Å²) in [7, 11) is 0. The van der Waals surface area contributed by atoms with Gasteiger partial charge in [0.1, 0.15) is 5.82 Å². The summed E-state index contributed by atoms with van der Waals surface area (Å²) in [4.78, 5) is 12.0. The van der Waals surface area contributed by atoms with E-state index in [0.29, 0.717) is 16.3 Å². The second kappa shape index (κ2) is 5.19. The van der Waals surface area contributed by atoms with Crippen LogP contribution >= 0.6 is 11.6 Å². The molecule has 0 saturated carbocycles. The zero-order chi connectivity index (χ0) is 13.1. The molecule has 0 atom stereocenters. The topological polar surface area (TPSA) is 29.1 Å². The maximum absolute atomic E-state index is 13.0. The van der Waals surface area contributed by atoms with Crippen LogP contribution in [-0.4, -0.2) is 5.91 Å². The first-order chi connectivity index (χ1) is 8.56. The maximum Gasteiger partial charge on any atom is 0.257 e. The highest BCUT2D eigenvalue weighted by Crippen LogP contribution is 2.19. The number of hydrogen-bond donors (Lipinski definition) is 1. The van der Waals surface area contributed by atoms with E-state index >= 15 is 0 Å². The highest BCUT2D eigenvalue weighted by Gasteiger charge is 2.10. The van der Waals surface area contributed by atoms with Crippen LogP contribution in [0.1, 0.15) is 15.9 Å². The Morgan fingerprint density at radius 1 is 1.22 bits per heavy atom. The molecule has 0 saturated heterocycles. The average Bonchev–Trinajstić information content (AvgIpc) is 2.32. The lowest BCUT2D eigenvalue weighted by Gasteiger charge is -2.07. The Labute approximate surface area is 109 Å². The SMILES string of the molecule is Cc1ccc(Cl)c(C(=O)Nc2cccc(F)c2)c1. The minimum absolute atomic E-state index is 0.352. The zero-order valence-corrected chi connectivity index (χ0v) is 10.5. The van der Waals surface area contributed by atoms with Crippen LogP contribution in [0.25, 0.3) is 0 Å². The summed E-state index contributed by atoms with van der Waals surface area (Å²) in [6, 6.07) is 10.9. The van der Waals surface area contributed by atoms with Gasteiger partial charge in [-0.25, -0.2) is 4.39 Å². The van der Waals surface area contributed by atoms with Crippen molar-refractivity contribution in [3.63, 3.8) is 0 Å². The molecule has 0 spiro atoms. The predicted octanol–water partition coefficient (Wildman–Crippen LogP) is 4.04. The third-order valence-corrected chi connectivity index (χ3v) is 2.78. The molecule has 0 bridgehead atoms. The highest BCUT2D eigenvalue weighted by molar-refractivity contribution is 6.34. The van der Waals surface area contributed by atoms with Crippen molar-refractivity contribution >= 4 is 23.2 Å².